The lowest BCUT2D eigenvalue weighted by Gasteiger charge is -2.33. The summed E-state index contributed by atoms with van der Waals surface area (Å²) in [4.78, 5) is 3.96. The Balaban J connectivity index is 2.00. The lowest BCUT2D eigenvalue weighted by molar-refractivity contribution is 0.173. The van der Waals surface area contributed by atoms with E-state index < -0.39 is 0 Å². The highest BCUT2D eigenvalue weighted by molar-refractivity contribution is 5.40. The van der Waals surface area contributed by atoms with Crippen LogP contribution in [0.1, 0.15) is 37.7 Å². The van der Waals surface area contributed by atoms with Crippen LogP contribution in [0.3, 0.4) is 0 Å². The quantitative estimate of drug-likeness (QED) is 0.863. The molecular weight excluding hydrogens is 214 g/mol. The third-order valence-electron chi connectivity index (χ3n) is 3.27. The molecule has 17 heavy (non-hydrogen) atoms. The van der Waals surface area contributed by atoms with Crippen molar-refractivity contribution in [3.8, 4) is 11.8 Å². The zero-order valence-corrected chi connectivity index (χ0v) is 9.85. The lowest BCUT2D eigenvalue weighted by Crippen LogP contribution is -2.47. The summed E-state index contributed by atoms with van der Waals surface area (Å²) in [5.41, 5.74) is 6.55. The van der Waals surface area contributed by atoms with Crippen molar-refractivity contribution >= 4 is 0 Å². The van der Waals surface area contributed by atoms with E-state index in [9.17, 15) is 0 Å². The van der Waals surface area contributed by atoms with Gasteiger partial charge in [0.2, 0.25) is 0 Å². The minimum atomic E-state index is -0.235. The van der Waals surface area contributed by atoms with Gasteiger partial charge in [0.25, 0.3) is 0 Å². The Bertz CT molecular complexity index is 419. The van der Waals surface area contributed by atoms with E-state index in [2.05, 4.69) is 11.1 Å². The molecule has 0 unspecified atom stereocenters. The van der Waals surface area contributed by atoms with Crippen LogP contribution in [0.2, 0.25) is 0 Å². The molecule has 1 aromatic heterocycles. The minimum Gasteiger partial charge on any atom is -0.489 e. The van der Waals surface area contributed by atoms with Crippen LogP contribution in [-0.2, 0) is 0 Å². The molecule has 0 atom stereocenters. The Morgan fingerprint density at radius 3 is 2.88 bits per heavy atom. The summed E-state index contributed by atoms with van der Waals surface area (Å²) in [6, 6.07) is 3.74. The maximum atomic E-state index is 8.93. The average molecular weight is 231 g/mol. The summed E-state index contributed by atoms with van der Waals surface area (Å²) >= 11 is 0. The molecule has 0 radical (unpaired) electrons. The van der Waals surface area contributed by atoms with E-state index >= 15 is 0 Å². The van der Waals surface area contributed by atoms with Crippen LogP contribution in [0.25, 0.3) is 0 Å². The summed E-state index contributed by atoms with van der Waals surface area (Å²) in [7, 11) is 0. The second-order valence-corrected chi connectivity index (χ2v) is 4.70. The molecule has 2 N–H and O–H groups in total. The van der Waals surface area contributed by atoms with E-state index in [0.29, 0.717) is 17.9 Å². The Labute approximate surface area is 101 Å². The molecule has 0 aromatic carbocycles. The minimum absolute atomic E-state index is 0.235. The zero-order valence-electron chi connectivity index (χ0n) is 9.85. The molecule has 1 saturated carbocycles. The smallest absolute Gasteiger partial charge is 0.155 e. The largest absolute Gasteiger partial charge is 0.489 e. The van der Waals surface area contributed by atoms with Gasteiger partial charge < -0.3 is 10.5 Å². The topological polar surface area (TPSA) is 71.9 Å². The molecule has 1 heterocycles. The van der Waals surface area contributed by atoms with Gasteiger partial charge in [-0.25, -0.2) is 0 Å². The lowest BCUT2D eigenvalue weighted by atomic mass is 9.83. The van der Waals surface area contributed by atoms with E-state index in [1.54, 1.807) is 18.5 Å². The molecule has 0 spiro atoms. The maximum Gasteiger partial charge on any atom is 0.155 e. The van der Waals surface area contributed by atoms with Gasteiger partial charge in [0, 0.05) is 6.20 Å². The number of nitrogens with zero attached hydrogens (tertiary/aromatic N) is 2. The van der Waals surface area contributed by atoms with E-state index in [4.69, 9.17) is 15.7 Å². The van der Waals surface area contributed by atoms with Crippen LogP contribution >= 0.6 is 0 Å². The first-order valence-corrected chi connectivity index (χ1v) is 5.99. The molecule has 0 bridgehead atoms. The highest BCUT2D eigenvalue weighted by atomic mass is 16.5. The fourth-order valence-corrected chi connectivity index (χ4v) is 2.21. The van der Waals surface area contributed by atoms with Crippen molar-refractivity contribution in [3.63, 3.8) is 0 Å². The number of rotatable bonds is 3. The van der Waals surface area contributed by atoms with Gasteiger partial charge in [0.1, 0.15) is 12.7 Å². The number of pyridine rings is 1. The zero-order chi connectivity index (χ0) is 12.1. The first-order chi connectivity index (χ1) is 8.23. The standard InChI is InChI=1S/C13H17N3O/c14-8-11-4-7-16-9-12(11)17-10-13(15)5-2-1-3-6-13/h4,7,9H,1-3,5-6,10,15H2. The van der Waals surface area contributed by atoms with Gasteiger partial charge in [-0.3, -0.25) is 4.98 Å². The summed E-state index contributed by atoms with van der Waals surface area (Å²) in [6.45, 7) is 0.466. The van der Waals surface area contributed by atoms with Crippen LogP contribution in [0.15, 0.2) is 18.5 Å². The highest BCUT2D eigenvalue weighted by Crippen LogP contribution is 2.27. The average Bonchev–Trinajstić information content (AvgIpc) is 2.38. The van der Waals surface area contributed by atoms with Crippen LogP contribution in [0.4, 0.5) is 0 Å². The summed E-state index contributed by atoms with van der Waals surface area (Å²) in [5, 5.41) is 8.93. The first kappa shape index (κ1) is 11.9. The van der Waals surface area contributed by atoms with Gasteiger partial charge in [-0.1, -0.05) is 19.3 Å². The predicted molar refractivity (Wildman–Crippen MR) is 64.5 cm³/mol. The number of aromatic nitrogens is 1. The Morgan fingerprint density at radius 2 is 2.18 bits per heavy atom. The van der Waals surface area contributed by atoms with E-state index in [0.717, 1.165) is 25.7 Å². The molecule has 4 nitrogen and oxygen atoms in total. The van der Waals surface area contributed by atoms with Gasteiger partial charge in [-0.2, -0.15) is 5.26 Å². The summed E-state index contributed by atoms with van der Waals surface area (Å²) in [6.07, 6.45) is 8.74. The number of hydrogen-bond acceptors (Lipinski definition) is 4. The number of nitrogens with two attached hydrogens (primary N) is 1. The van der Waals surface area contributed by atoms with Crippen molar-refractivity contribution in [2.75, 3.05) is 6.61 Å². The van der Waals surface area contributed by atoms with Crippen molar-refractivity contribution in [1.82, 2.24) is 4.98 Å². The van der Waals surface area contributed by atoms with E-state index in [1.807, 2.05) is 0 Å². The second-order valence-electron chi connectivity index (χ2n) is 4.70. The third-order valence-corrected chi connectivity index (χ3v) is 3.27. The van der Waals surface area contributed by atoms with Crippen LogP contribution in [0, 0.1) is 11.3 Å². The molecule has 2 rings (SSSR count). The van der Waals surface area contributed by atoms with Gasteiger partial charge in [0.15, 0.2) is 5.75 Å². The monoisotopic (exact) mass is 231 g/mol. The van der Waals surface area contributed by atoms with Crippen molar-refractivity contribution in [3.05, 3.63) is 24.0 Å². The van der Waals surface area contributed by atoms with Gasteiger partial charge in [0.05, 0.1) is 17.3 Å². The molecule has 1 aliphatic carbocycles. The molecule has 0 aliphatic heterocycles. The van der Waals surface area contributed by atoms with Crippen molar-refractivity contribution in [2.24, 2.45) is 5.73 Å². The van der Waals surface area contributed by atoms with E-state index in [1.165, 1.54) is 6.42 Å². The van der Waals surface area contributed by atoms with E-state index in [-0.39, 0.29) is 5.54 Å². The molecule has 4 heteroatoms. The van der Waals surface area contributed by atoms with Crippen molar-refractivity contribution in [2.45, 2.75) is 37.6 Å². The molecule has 1 fully saturated rings. The van der Waals surface area contributed by atoms with Gasteiger partial charge in [-0.05, 0) is 18.9 Å². The number of ether oxygens (including phenoxy) is 1. The second kappa shape index (κ2) is 5.15. The number of hydrogen-bond donors (Lipinski definition) is 1. The molecule has 0 saturated heterocycles. The predicted octanol–water partition coefficient (Wildman–Crippen LogP) is 1.99. The van der Waals surface area contributed by atoms with Crippen molar-refractivity contribution in [1.29, 1.82) is 5.26 Å². The summed E-state index contributed by atoms with van der Waals surface area (Å²) < 4.78 is 5.66. The van der Waals surface area contributed by atoms with Crippen molar-refractivity contribution < 1.29 is 4.74 Å². The maximum absolute atomic E-state index is 8.93. The van der Waals surface area contributed by atoms with Gasteiger partial charge >= 0.3 is 0 Å². The number of nitriles is 1. The van der Waals surface area contributed by atoms with Crippen LogP contribution < -0.4 is 10.5 Å². The molecule has 1 aliphatic rings. The molecule has 90 valence electrons. The Morgan fingerprint density at radius 1 is 1.41 bits per heavy atom. The first-order valence-electron chi connectivity index (χ1n) is 5.99. The molecular formula is C13H17N3O. The van der Waals surface area contributed by atoms with Crippen LogP contribution in [0.5, 0.6) is 5.75 Å². The fraction of sp³-hybridized carbons (Fsp3) is 0.538. The Hall–Kier alpha value is -1.60. The van der Waals surface area contributed by atoms with Crippen LogP contribution in [-0.4, -0.2) is 17.1 Å². The van der Waals surface area contributed by atoms with Gasteiger partial charge in [-0.15, -0.1) is 0 Å². The normalized spacial score (nSPS) is 18.4. The fourth-order valence-electron chi connectivity index (χ4n) is 2.21. The molecule has 0 amide bonds. The molecule has 1 aromatic rings. The third kappa shape index (κ3) is 2.95. The Kier molecular flexibility index (Phi) is 3.60. The SMILES string of the molecule is N#Cc1ccncc1OCC1(N)CCCCC1. The highest BCUT2D eigenvalue weighted by Gasteiger charge is 2.28. The summed E-state index contributed by atoms with van der Waals surface area (Å²) in [5.74, 6) is 0.533.